The summed E-state index contributed by atoms with van der Waals surface area (Å²) in [4.78, 5) is 12.6. The Morgan fingerprint density at radius 1 is 1.20 bits per heavy atom. The van der Waals surface area contributed by atoms with Crippen LogP contribution in [0.5, 0.6) is 5.75 Å². The Hall–Kier alpha value is -2.79. The molecule has 0 fully saturated rings. The van der Waals surface area contributed by atoms with Gasteiger partial charge in [0.05, 0.1) is 23.5 Å². The summed E-state index contributed by atoms with van der Waals surface area (Å²) in [6, 6.07) is 14.8. The number of phenolic OH excluding ortho intramolecular Hbond substituents is 1. The SMILES string of the molecule is Cc1ccc(NC(=O)c2c(C)nn(Cc3ccccc3)c2Cl)c(O)c1. The first-order valence-electron chi connectivity index (χ1n) is 7.83. The molecule has 2 N–H and O–H groups in total. The lowest BCUT2D eigenvalue weighted by Crippen LogP contribution is -2.13. The number of rotatable bonds is 4. The van der Waals surface area contributed by atoms with E-state index in [9.17, 15) is 9.90 Å². The van der Waals surface area contributed by atoms with E-state index in [-0.39, 0.29) is 10.9 Å². The minimum absolute atomic E-state index is 0.0128. The second kappa shape index (κ2) is 6.99. The standard InChI is InChI=1S/C19H18ClN3O2/c1-12-8-9-15(16(24)10-12)21-19(25)17-13(2)22-23(18(17)20)11-14-6-4-3-5-7-14/h3-10,24H,11H2,1-2H3,(H,21,25). The molecule has 1 heterocycles. The summed E-state index contributed by atoms with van der Waals surface area (Å²) in [5.41, 5.74) is 3.11. The fourth-order valence-electron chi connectivity index (χ4n) is 2.60. The average Bonchev–Trinajstić information content (AvgIpc) is 2.85. The Balaban J connectivity index is 1.85. The van der Waals surface area contributed by atoms with Crippen LogP contribution in [-0.4, -0.2) is 20.8 Å². The predicted octanol–water partition coefficient (Wildman–Crippen LogP) is 4.16. The Kier molecular flexibility index (Phi) is 4.76. The smallest absolute Gasteiger partial charge is 0.260 e. The highest BCUT2D eigenvalue weighted by atomic mass is 35.5. The minimum atomic E-state index is -0.402. The molecule has 2 aromatic carbocycles. The summed E-state index contributed by atoms with van der Waals surface area (Å²) in [6.45, 7) is 4.07. The molecule has 6 heteroatoms. The van der Waals surface area contributed by atoms with Gasteiger partial charge in [-0.2, -0.15) is 5.10 Å². The molecule has 0 atom stereocenters. The maximum absolute atomic E-state index is 12.6. The number of nitrogens with one attached hydrogen (secondary N) is 1. The Bertz CT molecular complexity index is 920. The van der Waals surface area contributed by atoms with Crippen molar-refractivity contribution in [3.8, 4) is 5.75 Å². The number of carbonyl (C=O) groups is 1. The molecule has 0 unspecified atom stereocenters. The number of aryl methyl sites for hydroxylation is 2. The summed E-state index contributed by atoms with van der Waals surface area (Å²) in [5, 5.41) is 17.3. The van der Waals surface area contributed by atoms with Crippen molar-refractivity contribution in [3.63, 3.8) is 0 Å². The number of aromatic nitrogens is 2. The number of amides is 1. The summed E-state index contributed by atoms with van der Waals surface area (Å²) >= 11 is 6.38. The van der Waals surface area contributed by atoms with Gasteiger partial charge in [0, 0.05) is 0 Å². The van der Waals surface area contributed by atoms with Crippen LogP contribution in [-0.2, 0) is 6.54 Å². The number of nitrogens with zero attached hydrogens (tertiary/aromatic N) is 2. The van der Waals surface area contributed by atoms with Crippen molar-refractivity contribution in [2.75, 3.05) is 5.32 Å². The van der Waals surface area contributed by atoms with Gasteiger partial charge in [-0.1, -0.05) is 48.0 Å². The molecule has 0 saturated carbocycles. The van der Waals surface area contributed by atoms with Gasteiger partial charge in [-0.3, -0.25) is 4.79 Å². The molecular formula is C19H18ClN3O2. The molecule has 3 rings (SSSR count). The molecule has 0 aliphatic heterocycles. The number of aromatic hydroxyl groups is 1. The van der Waals surface area contributed by atoms with Crippen molar-refractivity contribution in [1.82, 2.24) is 9.78 Å². The highest BCUT2D eigenvalue weighted by Gasteiger charge is 2.21. The molecular weight excluding hydrogens is 338 g/mol. The number of benzene rings is 2. The van der Waals surface area contributed by atoms with Gasteiger partial charge < -0.3 is 10.4 Å². The zero-order valence-electron chi connectivity index (χ0n) is 14.0. The van der Waals surface area contributed by atoms with E-state index < -0.39 is 5.91 Å². The molecule has 3 aromatic rings. The van der Waals surface area contributed by atoms with Crippen molar-refractivity contribution in [2.24, 2.45) is 0 Å². The monoisotopic (exact) mass is 355 g/mol. The van der Waals surface area contributed by atoms with Crippen LogP contribution in [0.15, 0.2) is 48.5 Å². The van der Waals surface area contributed by atoms with Gasteiger partial charge in [-0.25, -0.2) is 4.68 Å². The molecule has 128 valence electrons. The zero-order valence-corrected chi connectivity index (χ0v) is 14.7. The molecule has 25 heavy (non-hydrogen) atoms. The normalized spacial score (nSPS) is 10.7. The van der Waals surface area contributed by atoms with Crippen LogP contribution < -0.4 is 5.32 Å². The third kappa shape index (κ3) is 3.67. The molecule has 1 aromatic heterocycles. The van der Waals surface area contributed by atoms with Crippen LogP contribution in [0.3, 0.4) is 0 Å². The molecule has 0 spiro atoms. The van der Waals surface area contributed by atoms with Crippen molar-refractivity contribution < 1.29 is 9.90 Å². The number of hydrogen-bond donors (Lipinski definition) is 2. The summed E-state index contributed by atoms with van der Waals surface area (Å²) in [6.07, 6.45) is 0. The first kappa shape index (κ1) is 17.0. The summed E-state index contributed by atoms with van der Waals surface area (Å²) < 4.78 is 1.59. The number of hydrogen-bond acceptors (Lipinski definition) is 3. The van der Waals surface area contributed by atoms with Gasteiger partial charge >= 0.3 is 0 Å². The Labute approximate surface area is 150 Å². The third-order valence-electron chi connectivity index (χ3n) is 3.87. The molecule has 1 amide bonds. The van der Waals surface area contributed by atoms with Crippen molar-refractivity contribution >= 4 is 23.2 Å². The highest BCUT2D eigenvalue weighted by molar-refractivity contribution is 6.33. The van der Waals surface area contributed by atoms with Crippen LogP contribution in [0.2, 0.25) is 5.15 Å². The summed E-state index contributed by atoms with van der Waals surface area (Å²) in [7, 11) is 0. The van der Waals surface area contributed by atoms with E-state index in [1.54, 1.807) is 23.7 Å². The largest absolute Gasteiger partial charge is 0.506 e. The van der Waals surface area contributed by atoms with E-state index in [1.807, 2.05) is 43.3 Å². The predicted molar refractivity (Wildman–Crippen MR) is 98.3 cm³/mol. The van der Waals surface area contributed by atoms with Crippen LogP contribution in [0.25, 0.3) is 0 Å². The van der Waals surface area contributed by atoms with Gasteiger partial charge in [-0.05, 0) is 37.1 Å². The van der Waals surface area contributed by atoms with E-state index in [2.05, 4.69) is 10.4 Å². The molecule has 0 saturated heterocycles. The van der Waals surface area contributed by atoms with E-state index in [0.717, 1.165) is 11.1 Å². The Morgan fingerprint density at radius 3 is 2.60 bits per heavy atom. The van der Waals surface area contributed by atoms with Gasteiger partial charge in [-0.15, -0.1) is 0 Å². The van der Waals surface area contributed by atoms with E-state index in [4.69, 9.17) is 11.6 Å². The van der Waals surface area contributed by atoms with Gasteiger partial charge in [0.1, 0.15) is 10.9 Å². The topological polar surface area (TPSA) is 67.2 Å². The van der Waals surface area contributed by atoms with Crippen LogP contribution in [0.4, 0.5) is 5.69 Å². The van der Waals surface area contributed by atoms with E-state index in [1.165, 1.54) is 0 Å². The lowest BCUT2D eigenvalue weighted by Gasteiger charge is -2.08. The van der Waals surface area contributed by atoms with Gasteiger partial charge in [0.2, 0.25) is 0 Å². The number of halogens is 1. The van der Waals surface area contributed by atoms with Crippen LogP contribution in [0, 0.1) is 13.8 Å². The van der Waals surface area contributed by atoms with Gasteiger partial charge in [0.15, 0.2) is 0 Å². The molecule has 5 nitrogen and oxygen atoms in total. The molecule has 0 radical (unpaired) electrons. The lowest BCUT2D eigenvalue weighted by atomic mass is 10.2. The maximum atomic E-state index is 12.6. The zero-order chi connectivity index (χ0) is 18.0. The van der Waals surface area contributed by atoms with Crippen LogP contribution >= 0.6 is 11.6 Å². The first-order valence-corrected chi connectivity index (χ1v) is 8.21. The minimum Gasteiger partial charge on any atom is -0.506 e. The number of anilines is 1. The molecule has 0 bridgehead atoms. The first-order chi connectivity index (χ1) is 12.0. The van der Waals surface area contributed by atoms with Crippen molar-refractivity contribution in [1.29, 1.82) is 0 Å². The van der Waals surface area contributed by atoms with Crippen LogP contribution in [0.1, 0.15) is 27.2 Å². The fraction of sp³-hybridized carbons (Fsp3) is 0.158. The average molecular weight is 356 g/mol. The van der Waals surface area contributed by atoms with E-state index >= 15 is 0 Å². The number of carbonyl (C=O) groups excluding carboxylic acids is 1. The maximum Gasteiger partial charge on any atom is 0.260 e. The number of phenols is 1. The van der Waals surface area contributed by atoms with Gasteiger partial charge in [0.25, 0.3) is 5.91 Å². The molecule has 0 aliphatic carbocycles. The van der Waals surface area contributed by atoms with Crippen molar-refractivity contribution in [2.45, 2.75) is 20.4 Å². The quantitative estimate of drug-likeness (QED) is 0.690. The third-order valence-corrected chi connectivity index (χ3v) is 4.25. The van der Waals surface area contributed by atoms with E-state index in [0.29, 0.717) is 23.5 Å². The lowest BCUT2D eigenvalue weighted by molar-refractivity contribution is 0.102. The van der Waals surface area contributed by atoms with Crippen molar-refractivity contribution in [3.05, 3.63) is 76.1 Å². The Morgan fingerprint density at radius 2 is 1.92 bits per heavy atom. The molecule has 0 aliphatic rings. The summed E-state index contributed by atoms with van der Waals surface area (Å²) in [5.74, 6) is -0.389. The second-order valence-corrected chi connectivity index (χ2v) is 6.23. The highest BCUT2D eigenvalue weighted by Crippen LogP contribution is 2.27. The fourth-order valence-corrected chi connectivity index (χ4v) is 2.92. The second-order valence-electron chi connectivity index (χ2n) is 5.87.